The standard InChI is InChI=1S/C10H11N5O/c1-6-5-7(3-4-12-6)8-13-9(11)15-10(14-8)16-2/h3-5H,1-2H3,(H2,11,13,14,15). The Balaban J connectivity index is 2.51. The van der Waals surface area contributed by atoms with Gasteiger partial charge in [-0.15, -0.1) is 0 Å². The fourth-order valence-corrected chi connectivity index (χ4v) is 1.28. The van der Waals surface area contributed by atoms with E-state index in [1.807, 2.05) is 13.0 Å². The van der Waals surface area contributed by atoms with Gasteiger partial charge in [0.05, 0.1) is 7.11 Å². The Hall–Kier alpha value is -2.24. The topological polar surface area (TPSA) is 86.8 Å². The van der Waals surface area contributed by atoms with Crippen LogP contribution in [0, 0.1) is 6.92 Å². The van der Waals surface area contributed by atoms with Gasteiger partial charge in [0.15, 0.2) is 5.82 Å². The van der Waals surface area contributed by atoms with Gasteiger partial charge < -0.3 is 10.5 Å². The molecule has 0 aliphatic carbocycles. The van der Waals surface area contributed by atoms with Crippen molar-refractivity contribution >= 4 is 5.95 Å². The van der Waals surface area contributed by atoms with E-state index in [0.29, 0.717) is 5.82 Å². The molecule has 0 bridgehead atoms. The Morgan fingerprint density at radius 3 is 2.75 bits per heavy atom. The number of nitrogen functional groups attached to an aromatic ring is 1. The minimum atomic E-state index is 0.135. The molecule has 0 amide bonds. The summed E-state index contributed by atoms with van der Waals surface area (Å²) in [5.41, 5.74) is 7.27. The number of nitrogens with two attached hydrogens (primary N) is 1. The van der Waals surface area contributed by atoms with E-state index in [4.69, 9.17) is 10.5 Å². The second-order valence-corrected chi connectivity index (χ2v) is 3.19. The number of nitrogens with zero attached hydrogens (tertiary/aromatic N) is 4. The molecule has 0 unspecified atom stereocenters. The number of hydrogen-bond acceptors (Lipinski definition) is 6. The number of methoxy groups -OCH3 is 1. The van der Waals surface area contributed by atoms with Gasteiger partial charge in [0.2, 0.25) is 5.95 Å². The maximum absolute atomic E-state index is 5.55. The Morgan fingerprint density at radius 2 is 2.06 bits per heavy atom. The highest BCUT2D eigenvalue weighted by atomic mass is 16.5. The monoisotopic (exact) mass is 217 g/mol. The molecular weight excluding hydrogens is 206 g/mol. The van der Waals surface area contributed by atoms with Crippen LogP contribution in [0.5, 0.6) is 6.01 Å². The van der Waals surface area contributed by atoms with E-state index in [9.17, 15) is 0 Å². The molecule has 0 atom stereocenters. The fourth-order valence-electron chi connectivity index (χ4n) is 1.28. The Kier molecular flexibility index (Phi) is 2.63. The van der Waals surface area contributed by atoms with Crippen molar-refractivity contribution in [3.63, 3.8) is 0 Å². The van der Waals surface area contributed by atoms with Crippen molar-refractivity contribution in [2.75, 3.05) is 12.8 Å². The van der Waals surface area contributed by atoms with Crippen molar-refractivity contribution < 1.29 is 4.74 Å². The molecule has 0 aliphatic heterocycles. The molecule has 2 aromatic heterocycles. The Labute approximate surface area is 92.6 Å². The van der Waals surface area contributed by atoms with E-state index >= 15 is 0 Å². The number of pyridine rings is 1. The zero-order valence-electron chi connectivity index (χ0n) is 9.01. The molecule has 2 heterocycles. The molecule has 0 aromatic carbocycles. The van der Waals surface area contributed by atoms with Gasteiger partial charge in [0.25, 0.3) is 0 Å². The summed E-state index contributed by atoms with van der Waals surface area (Å²) in [5.74, 6) is 0.617. The van der Waals surface area contributed by atoms with Crippen LogP contribution >= 0.6 is 0 Å². The lowest BCUT2D eigenvalue weighted by Gasteiger charge is -2.03. The summed E-state index contributed by atoms with van der Waals surface area (Å²) in [5, 5.41) is 0. The molecule has 0 fully saturated rings. The second-order valence-electron chi connectivity index (χ2n) is 3.19. The van der Waals surface area contributed by atoms with Crippen LogP contribution in [0.2, 0.25) is 0 Å². The highest BCUT2D eigenvalue weighted by molar-refractivity contribution is 5.55. The largest absolute Gasteiger partial charge is 0.467 e. The van der Waals surface area contributed by atoms with Gasteiger partial charge in [0, 0.05) is 17.5 Å². The third-order valence-corrected chi connectivity index (χ3v) is 1.97. The van der Waals surface area contributed by atoms with Crippen molar-refractivity contribution in [3.05, 3.63) is 24.0 Å². The Bertz CT molecular complexity index is 514. The van der Waals surface area contributed by atoms with Crippen LogP contribution in [0.15, 0.2) is 18.3 Å². The van der Waals surface area contributed by atoms with Crippen molar-refractivity contribution in [2.24, 2.45) is 0 Å². The summed E-state index contributed by atoms with van der Waals surface area (Å²) in [6.07, 6.45) is 1.69. The van der Waals surface area contributed by atoms with E-state index in [2.05, 4.69) is 19.9 Å². The number of aromatic nitrogens is 4. The highest BCUT2D eigenvalue weighted by Crippen LogP contribution is 2.17. The molecule has 0 saturated heterocycles. The molecule has 0 radical (unpaired) electrons. The summed E-state index contributed by atoms with van der Waals surface area (Å²) >= 11 is 0. The summed E-state index contributed by atoms with van der Waals surface area (Å²) in [7, 11) is 1.48. The Morgan fingerprint density at radius 1 is 1.25 bits per heavy atom. The van der Waals surface area contributed by atoms with E-state index in [1.54, 1.807) is 12.3 Å². The number of aryl methyl sites for hydroxylation is 1. The molecule has 82 valence electrons. The molecule has 6 heteroatoms. The normalized spacial score (nSPS) is 10.1. The predicted molar refractivity (Wildman–Crippen MR) is 58.8 cm³/mol. The maximum atomic E-state index is 5.55. The lowest BCUT2D eigenvalue weighted by atomic mass is 10.2. The van der Waals surface area contributed by atoms with Crippen LogP contribution < -0.4 is 10.5 Å². The van der Waals surface area contributed by atoms with Gasteiger partial charge in [0.1, 0.15) is 0 Å². The minimum absolute atomic E-state index is 0.135. The fraction of sp³-hybridized carbons (Fsp3) is 0.200. The maximum Gasteiger partial charge on any atom is 0.321 e. The van der Waals surface area contributed by atoms with Crippen LogP contribution in [-0.2, 0) is 0 Å². The highest BCUT2D eigenvalue weighted by Gasteiger charge is 2.06. The quantitative estimate of drug-likeness (QED) is 0.801. The zero-order chi connectivity index (χ0) is 11.5. The first-order chi connectivity index (χ1) is 7.69. The summed E-state index contributed by atoms with van der Waals surface area (Å²) in [4.78, 5) is 16.1. The predicted octanol–water partition coefficient (Wildman–Crippen LogP) is 0.833. The lowest BCUT2D eigenvalue weighted by Crippen LogP contribution is -2.02. The van der Waals surface area contributed by atoms with Crippen molar-refractivity contribution in [1.82, 2.24) is 19.9 Å². The first kappa shape index (κ1) is 10.3. The van der Waals surface area contributed by atoms with Gasteiger partial charge in [-0.25, -0.2) is 0 Å². The smallest absolute Gasteiger partial charge is 0.321 e. The van der Waals surface area contributed by atoms with Gasteiger partial charge >= 0.3 is 6.01 Å². The number of anilines is 1. The average Bonchev–Trinajstić information content (AvgIpc) is 2.28. The first-order valence-electron chi connectivity index (χ1n) is 4.67. The summed E-state index contributed by atoms with van der Waals surface area (Å²) in [6.45, 7) is 1.89. The second kappa shape index (κ2) is 4.09. The van der Waals surface area contributed by atoms with Gasteiger partial charge in [-0.05, 0) is 19.1 Å². The molecule has 2 N–H and O–H groups in total. The van der Waals surface area contributed by atoms with Crippen LogP contribution in [0.25, 0.3) is 11.4 Å². The first-order valence-corrected chi connectivity index (χ1v) is 4.67. The van der Waals surface area contributed by atoms with Crippen molar-refractivity contribution in [2.45, 2.75) is 6.92 Å². The minimum Gasteiger partial charge on any atom is -0.467 e. The lowest BCUT2D eigenvalue weighted by molar-refractivity contribution is 0.379. The SMILES string of the molecule is COc1nc(N)nc(-c2ccnc(C)c2)n1. The zero-order valence-corrected chi connectivity index (χ0v) is 9.01. The van der Waals surface area contributed by atoms with Gasteiger partial charge in [-0.3, -0.25) is 4.98 Å². The number of hydrogen-bond donors (Lipinski definition) is 1. The van der Waals surface area contributed by atoms with E-state index < -0.39 is 0 Å². The molecule has 16 heavy (non-hydrogen) atoms. The molecular formula is C10H11N5O. The average molecular weight is 217 g/mol. The number of rotatable bonds is 2. The molecule has 6 nitrogen and oxygen atoms in total. The van der Waals surface area contributed by atoms with Crippen LogP contribution in [0.3, 0.4) is 0 Å². The molecule has 0 saturated carbocycles. The third kappa shape index (κ3) is 2.05. The molecule has 0 spiro atoms. The molecule has 0 aliphatic rings. The van der Waals surface area contributed by atoms with E-state index in [-0.39, 0.29) is 12.0 Å². The molecule has 2 aromatic rings. The van der Waals surface area contributed by atoms with Crippen LogP contribution in [-0.4, -0.2) is 27.0 Å². The third-order valence-electron chi connectivity index (χ3n) is 1.97. The summed E-state index contributed by atoms with van der Waals surface area (Å²) in [6, 6.07) is 3.88. The van der Waals surface area contributed by atoms with Crippen molar-refractivity contribution in [3.8, 4) is 17.4 Å². The molecule has 2 rings (SSSR count). The van der Waals surface area contributed by atoms with Crippen LogP contribution in [0.1, 0.15) is 5.69 Å². The van der Waals surface area contributed by atoms with Gasteiger partial charge in [-0.1, -0.05) is 0 Å². The van der Waals surface area contributed by atoms with Gasteiger partial charge in [-0.2, -0.15) is 15.0 Å². The number of ether oxygens (including phenoxy) is 1. The van der Waals surface area contributed by atoms with Crippen LogP contribution in [0.4, 0.5) is 5.95 Å². The summed E-state index contributed by atoms with van der Waals surface area (Å²) < 4.78 is 4.93. The van der Waals surface area contributed by atoms with Crippen molar-refractivity contribution in [1.29, 1.82) is 0 Å². The van der Waals surface area contributed by atoms with E-state index in [0.717, 1.165) is 11.3 Å². The van der Waals surface area contributed by atoms with E-state index in [1.165, 1.54) is 7.11 Å².